The molecule has 1 aliphatic heterocycles. The number of allylic oxidation sites excluding steroid dienone is 2. The second-order valence-corrected chi connectivity index (χ2v) is 2.41. The van der Waals surface area contributed by atoms with Gasteiger partial charge in [0.05, 0.1) is 25.9 Å². The second kappa shape index (κ2) is 22.8. The standard InChI is InChI=1S/C3H6O.2C3H6.C2H6O2/c1-3-2-4-3;2*1-3-2;3-1-2-4/h3H,2H2,1H3;2*3H,1H2,2H3;3-4H,1-2H2. The van der Waals surface area contributed by atoms with Crippen LogP contribution in [0, 0.1) is 0 Å². The Kier molecular flexibility index (Phi) is 31.0. The van der Waals surface area contributed by atoms with Gasteiger partial charge in [-0.25, -0.2) is 0 Å². The molecular formula is C11H24O3. The lowest BCUT2D eigenvalue weighted by atomic mass is 10.6. The number of epoxide rings is 1. The molecular weight excluding hydrogens is 180 g/mol. The minimum Gasteiger partial charge on any atom is -0.394 e. The molecule has 0 aromatic heterocycles. The molecule has 0 aromatic rings. The van der Waals surface area contributed by atoms with Gasteiger partial charge in [0.25, 0.3) is 0 Å². The van der Waals surface area contributed by atoms with Gasteiger partial charge in [-0.15, -0.1) is 13.2 Å². The van der Waals surface area contributed by atoms with Gasteiger partial charge in [0, 0.05) is 0 Å². The summed E-state index contributed by atoms with van der Waals surface area (Å²) in [5, 5.41) is 15.2. The zero-order chi connectivity index (χ0) is 11.8. The number of rotatable bonds is 1. The maximum atomic E-state index is 7.62. The van der Waals surface area contributed by atoms with Gasteiger partial charge in [-0.3, -0.25) is 0 Å². The summed E-state index contributed by atoms with van der Waals surface area (Å²) >= 11 is 0. The fraction of sp³-hybridized carbons (Fsp3) is 0.636. The quantitative estimate of drug-likeness (QED) is 0.505. The molecule has 1 aliphatic rings. The Labute approximate surface area is 87.7 Å². The van der Waals surface area contributed by atoms with Crippen LogP contribution in [-0.2, 0) is 4.74 Å². The molecule has 0 bridgehead atoms. The predicted molar refractivity (Wildman–Crippen MR) is 61.3 cm³/mol. The number of hydrogen-bond donors (Lipinski definition) is 2. The average Bonchev–Trinajstić information content (AvgIpc) is 2.91. The first-order valence-corrected chi connectivity index (χ1v) is 4.61. The van der Waals surface area contributed by atoms with Crippen LogP contribution in [-0.4, -0.2) is 36.1 Å². The van der Waals surface area contributed by atoms with Crippen molar-refractivity contribution in [2.75, 3.05) is 19.8 Å². The fourth-order valence-corrected chi connectivity index (χ4v) is 0.0962. The first kappa shape index (κ1) is 19.0. The molecule has 1 unspecified atom stereocenters. The number of aliphatic hydroxyl groups is 2. The van der Waals surface area contributed by atoms with Crippen LogP contribution < -0.4 is 0 Å². The Morgan fingerprint density at radius 1 is 1.21 bits per heavy atom. The molecule has 3 heteroatoms. The number of hydrogen-bond acceptors (Lipinski definition) is 3. The van der Waals surface area contributed by atoms with Crippen molar-refractivity contribution >= 4 is 0 Å². The maximum Gasteiger partial charge on any atom is 0.0781 e. The van der Waals surface area contributed by atoms with Crippen LogP contribution in [0.25, 0.3) is 0 Å². The zero-order valence-corrected chi connectivity index (χ0v) is 9.57. The molecule has 0 amide bonds. The van der Waals surface area contributed by atoms with Crippen LogP contribution in [0.3, 0.4) is 0 Å². The molecule has 0 saturated carbocycles. The van der Waals surface area contributed by atoms with Gasteiger partial charge in [0.15, 0.2) is 0 Å². The molecule has 0 aliphatic carbocycles. The largest absolute Gasteiger partial charge is 0.394 e. The molecule has 2 N–H and O–H groups in total. The smallest absolute Gasteiger partial charge is 0.0781 e. The van der Waals surface area contributed by atoms with Crippen molar-refractivity contribution < 1.29 is 14.9 Å². The van der Waals surface area contributed by atoms with Crippen molar-refractivity contribution in [2.24, 2.45) is 0 Å². The third-order valence-corrected chi connectivity index (χ3v) is 0.600. The maximum absolute atomic E-state index is 7.62. The summed E-state index contributed by atoms with van der Waals surface area (Å²) in [7, 11) is 0. The van der Waals surface area contributed by atoms with Gasteiger partial charge in [-0.05, 0) is 20.8 Å². The summed E-state index contributed by atoms with van der Waals surface area (Å²) in [4.78, 5) is 0. The molecule has 1 fully saturated rings. The lowest BCUT2D eigenvalue weighted by Gasteiger charge is -1.70. The van der Waals surface area contributed by atoms with Crippen molar-refractivity contribution in [3.63, 3.8) is 0 Å². The Bertz CT molecular complexity index is 90.7. The SMILES string of the molecule is C=CC.C=CC.CC1CO1.OCCO. The van der Waals surface area contributed by atoms with E-state index in [-0.39, 0.29) is 13.2 Å². The predicted octanol–water partition coefficient (Wildman–Crippen LogP) is 1.76. The highest BCUT2D eigenvalue weighted by Gasteiger charge is 2.13. The number of aliphatic hydroxyl groups excluding tert-OH is 2. The molecule has 1 atom stereocenters. The van der Waals surface area contributed by atoms with E-state index in [1.807, 2.05) is 13.8 Å². The van der Waals surface area contributed by atoms with Gasteiger partial charge in [-0.1, -0.05) is 12.2 Å². The van der Waals surface area contributed by atoms with Crippen LogP contribution in [0.4, 0.5) is 0 Å². The minimum absolute atomic E-state index is 0.125. The summed E-state index contributed by atoms with van der Waals surface area (Å²) in [5.41, 5.74) is 0. The average molecular weight is 204 g/mol. The van der Waals surface area contributed by atoms with Gasteiger partial charge < -0.3 is 14.9 Å². The van der Waals surface area contributed by atoms with Crippen molar-refractivity contribution in [1.82, 2.24) is 0 Å². The lowest BCUT2D eigenvalue weighted by Crippen LogP contribution is -1.85. The first-order valence-electron chi connectivity index (χ1n) is 4.61. The summed E-state index contributed by atoms with van der Waals surface area (Å²) in [5.74, 6) is 0. The third kappa shape index (κ3) is 108. The molecule has 1 heterocycles. The van der Waals surface area contributed by atoms with E-state index in [1.54, 1.807) is 12.2 Å². The second-order valence-electron chi connectivity index (χ2n) is 2.41. The molecule has 0 radical (unpaired) electrons. The van der Waals surface area contributed by atoms with E-state index in [9.17, 15) is 0 Å². The van der Waals surface area contributed by atoms with Crippen molar-refractivity contribution in [3.8, 4) is 0 Å². The summed E-state index contributed by atoms with van der Waals surface area (Å²) in [6.07, 6.45) is 4.08. The van der Waals surface area contributed by atoms with Gasteiger partial charge >= 0.3 is 0 Å². The molecule has 1 saturated heterocycles. The van der Waals surface area contributed by atoms with Gasteiger partial charge in [0.2, 0.25) is 0 Å². The Morgan fingerprint density at radius 2 is 1.36 bits per heavy atom. The summed E-state index contributed by atoms with van der Waals surface area (Å²) in [6.45, 7) is 13.3. The summed E-state index contributed by atoms with van der Waals surface area (Å²) < 4.78 is 4.71. The van der Waals surface area contributed by atoms with Crippen LogP contribution in [0.15, 0.2) is 25.3 Å². The van der Waals surface area contributed by atoms with Crippen molar-refractivity contribution in [3.05, 3.63) is 25.3 Å². The molecule has 3 nitrogen and oxygen atoms in total. The van der Waals surface area contributed by atoms with E-state index in [0.717, 1.165) is 6.61 Å². The first-order chi connectivity index (χ1) is 6.64. The van der Waals surface area contributed by atoms with Gasteiger partial charge in [0.1, 0.15) is 0 Å². The van der Waals surface area contributed by atoms with E-state index in [0.29, 0.717) is 6.10 Å². The Morgan fingerprint density at radius 3 is 1.36 bits per heavy atom. The normalized spacial score (nSPS) is 15.4. The van der Waals surface area contributed by atoms with E-state index < -0.39 is 0 Å². The van der Waals surface area contributed by atoms with Crippen molar-refractivity contribution in [2.45, 2.75) is 26.9 Å². The van der Waals surface area contributed by atoms with Crippen LogP contribution >= 0.6 is 0 Å². The van der Waals surface area contributed by atoms with Gasteiger partial charge in [-0.2, -0.15) is 0 Å². The minimum atomic E-state index is -0.125. The molecule has 14 heavy (non-hydrogen) atoms. The molecule has 0 spiro atoms. The van der Waals surface area contributed by atoms with E-state index in [2.05, 4.69) is 20.1 Å². The van der Waals surface area contributed by atoms with Crippen LogP contribution in [0.1, 0.15) is 20.8 Å². The molecule has 0 aromatic carbocycles. The zero-order valence-electron chi connectivity index (χ0n) is 9.57. The van der Waals surface area contributed by atoms with Crippen molar-refractivity contribution in [1.29, 1.82) is 0 Å². The monoisotopic (exact) mass is 204 g/mol. The highest BCUT2D eigenvalue weighted by atomic mass is 16.6. The lowest BCUT2D eigenvalue weighted by molar-refractivity contribution is 0.186. The third-order valence-electron chi connectivity index (χ3n) is 0.600. The van der Waals surface area contributed by atoms with E-state index in [1.165, 1.54) is 0 Å². The molecule has 86 valence electrons. The highest BCUT2D eigenvalue weighted by Crippen LogP contribution is 2.04. The molecule has 1 rings (SSSR count). The number of ether oxygens (including phenoxy) is 1. The highest BCUT2D eigenvalue weighted by molar-refractivity contribution is 4.58. The summed E-state index contributed by atoms with van der Waals surface area (Å²) in [6, 6.07) is 0. The fourth-order valence-electron chi connectivity index (χ4n) is 0.0962. The Balaban J connectivity index is -0.000000117. The van der Waals surface area contributed by atoms with E-state index >= 15 is 0 Å². The van der Waals surface area contributed by atoms with E-state index in [4.69, 9.17) is 14.9 Å². The topological polar surface area (TPSA) is 53.0 Å². The Hall–Kier alpha value is -0.640. The van der Waals surface area contributed by atoms with Crippen LogP contribution in [0.2, 0.25) is 0 Å². The van der Waals surface area contributed by atoms with Crippen LogP contribution in [0.5, 0.6) is 0 Å².